The van der Waals surface area contributed by atoms with Crippen LogP contribution >= 0.6 is 11.6 Å². The molecule has 0 aliphatic heterocycles. The summed E-state index contributed by atoms with van der Waals surface area (Å²) in [5.74, 6) is 1.12. The van der Waals surface area contributed by atoms with Crippen molar-refractivity contribution in [3.8, 4) is 11.5 Å². The van der Waals surface area contributed by atoms with E-state index < -0.39 is 0 Å². The SMILES string of the molecule is COc1[c]c(OC)c(Cl)cc1. The quantitative estimate of drug-likeness (QED) is 0.679. The van der Waals surface area contributed by atoms with Crippen LogP contribution in [-0.2, 0) is 0 Å². The van der Waals surface area contributed by atoms with Crippen molar-refractivity contribution in [3.63, 3.8) is 0 Å². The molecule has 0 saturated heterocycles. The Morgan fingerprint density at radius 2 is 2.00 bits per heavy atom. The van der Waals surface area contributed by atoms with Crippen LogP contribution in [0.5, 0.6) is 11.5 Å². The van der Waals surface area contributed by atoms with Crippen LogP contribution in [0.25, 0.3) is 0 Å². The average Bonchev–Trinajstić information content (AvgIpc) is 2.05. The maximum absolute atomic E-state index is 5.74. The summed E-state index contributed by atoms with van der Waals surface area (Å²) in [6.45, 7) is 0. The molecule has 0 amide bonds. The maximum Gasteiger partial charge on any atom is 0.149 e. The molecule has 59 valence electrons. The summed E-state index contributed by atoms with van der Waals surface area (Å²) in [6.07, 6.45) is 0. The lowest BCUT2D eigenvalue weighted by atomic mass is 10.3. The van der Waals surface area contributed by atoms with Crippen LogP contribution in [0, 0.1) is 6.07 Å². The van der Waals surface area contributed by atoms with Gasteiger partial charge in [-0.05, 0) is 12.1 Å². The summed E-state index contributed by atoms with van der Waals surface area (Å²) in [5.41, 5.74) is 0. The third-order valence-electron chi connectivity index (χ3n) is 1.26. The number of hydrogen-bond donors (Lipinski definition) is 0. The molecule has 0 aliphatic rings. The van der Waals surface area contributed by atoms with E-state index in [0.717, 1.165) is 0 Å². The van der Waals surface area contributed by atoms with Crippen molar-refractivity contribution in [1.82, 2.24) is 0 Å². The Kier molecular flexibility index (Phi) is 2.60. The largest absolute Gasteiger partial charge is 0.496 e. The van der Waals surface area contributed by atoms with Crippen LogP contribution < -0.4 is 9.47 Å². The Labute approximate surface area is 70.7 Å². The predicted molar refractivity (Wildman–Crippen MR) is 43.4 cm³/mol. The molecule has 0 fully saturated rings. The van der Waals surface area contributed by atoms with E-state index in [0.29, 0.717) is 16.5 Å². The standard InChI is InChI=1S/C8H8ClO2/c1-10-6-3-4-7(9)8(5-6)11-2/h3-4H,1-2H3. The summed E-state index contributed by atoms with van der Waals surface area (Å²) < 4.78 is 9.84. The molecule has 0 aromatic heterocycles. The first-order valence-corrected chi connectivity index (χ1v) is 3.45. The molecule has 0 heterocycles. The van der Waals surface area contributed by atoms with Gasteiger partial charge in [0, 0.05) is 0 Å². The highest BCUT2D eigenvalue weighted by atomic mass is 35.5. The van der Waals surface area contributed by atoms with Crippen molar-refractivity contribution in [3.05, 3.63) is 23.2 Å². The Morgan fingerprint density at radius 3 is 2.55 bits per heavy atom. The monoisotopic (exact) mass is 171 g/mol. The molecule has 0 atom stereocenters. The third kappa shape index (κ3) is 1.77. The fraction of sp³-hybridized carbons (Fsp3) is 0.250. The van der Waals surface area contributed by atoms with Gasteiger partial charge in [0.2, 0.25) is 0 Å². The Bertz CT molecular complexity index is 248. The fourth-order valence-corrected chi connectivity index (χ4v) is 0.893. The van der Waals surface area contributed by atoms with Gasteiger partial charge in [-0.15, -0.1) is 0 Å². The number of benzene rings is 1. The van der Waals surface area contributed by atoms with Gasteiger partial charge in [-0.1, -0.05) is 11.6 Å². The van der Waals surface area contributed by atoms with Crippen LogP contribution in [-0.4, -0.2) is 14.2 Å². The smallest absolute Gasteiger partial charge is 0.149 e. The van der Waals surface area contributed by atoms with E-state index in [4.69, 9.17) is 21.1 Å². The van der Waals surface area contributed by atoms with Gasteiger partial charge in [0.05, 0.1) is 25.3 Å². The van der Waals surface area contributed by atoms with Gasteiger partial charge in [-0.2, -0.15) is 0 Å². The zero-order valence-corrected chi connectivity index (χ0v) is 7.11. The van der Waals surface area contributed by atoms with E-state index in [2.05, 4.69) is 6.07 Å². The van der Waals surface area contributed by atoms with Crippen LogP contribution in [0.2, 0.25) is 5.02 Å². The highest BCUT2D eigenvalue weighted by molar-refractivity contribution is 6.32. The van der Waals surface area contributed by atoms with E-state index in [1.807, 2.05) is 0 Å². The minimum absolute atomic E-state index is 0.506. The Balaban J connectivity index is 3.02. The maximum atomic E-state index is 5.74. The molecule has 11 heavy (non-hydrogen) atoms. The summed E-state index contributed by atoms with van der Waals surface area (Å²) >= 11 is 5.74. The summed E-state index contributed by atoms with van der Waals surface area (Å²) in [6, 6.07) is 6.27. The van der Waals surface area contributed by atoms with Crippen LogP contribution in [0.3, 0.4) is 0 Å². The number of ether oxygens (including phenoxy) is 2. The normalized spacial score (nSPS) is 9.36. The van der Waals surface area contributed by atoms with Gasteiger partial charge in [0.25, 0.3) is 0 Å². The second kappa shape index (κ2) is 3.49. The summed E-state index contributed by atoms with van der Waals surface area (Å²) in [5, 5.41) is 0.535. The molecule has 0 N–H and O–H groups in total. The molecule has 1 aromatic carbocycles. The Hall–Kier alpha value is -0.890. The zero-order chi connectivity index (χ0) is 8.27. The second-order valence-corrected chi connectivity index (χ2v) is 2.32. The van der Waals surface area contributed by atoms with Crippen molar-refractivity contribution in [2.24, 2.45) is 0 Å². The minimum atomic E-state index is 0.506. The van der Waals surface area contributed by atoms with Gasteiger partial charge < -0.3 is 9.47 Å². The van der Waals surface area contributed by atoms with E-state index in [9.17, 15) is 0 Å². The first-order valence-electron chi connectivity index (χ1n) is 3.07. The van der Waals surface area contributed by atoms with E-state index in [1.165, 1.54) is 7.11 Å². The lowest BCUT2D eigenvalue weighted by molar-refractivity contribution is 0.393. The van der Waals surface area contributed by atoms with Crippen molar-refractivity contribution < 1.29 is 9.47 Å². The molecule has 0 spiro atoms. The van der Waals surface area contributed by atoms with E-state index in [-0.39, 0.29) is 0 Å². The lowest BCUT2D eigenvalue weighted by Gasteiger charge is -2.03. The minimum Gasteiger partial charge on any atom is -0.496 e. The van der Waals surface area contributed by atoms with Crippen LogP contribution in [0.4, 0.5) is 0 Å². The molecular formula is C8H8ClO2. The zero-order valence-electron chi connectivity index (χ0n) is 6.35. The fourth-order valence-electron chi connectivity index (χ4n) is 0.705. The Morgan fingerprint density at radius 1 is 1.27 bits per heavy atom. The van der Waals surface area contributed by atoms with Gasteiger partial charge in [-0.3, -0.25) is 0 Å². The lowest BCUT2D eigenvalue weighted by Crippen LogP contribution is -1.87. The van der Waals surface area contributed by atoms with E-state index >= 15 is 0 Å². The topological polar surface area (TPSA) is 18.5 Å². The molecule has 1 aromatic rings. The number of hydrogen-bond acceptors (Lipinski definition) is 2. The van der Waals surface area contributed by atoms with Gasteiger partial charge in [-0.25, -0.2) is 0 Å². The second-order valence-electron chi connectivity index (χ2n) is 1.91. The number of rotatable bonds is 2. The molecule has 0 saturated carbocycles. The molecule has 0 aliphatic carbocycles. The molecule has 2 nitrogen and oxygen atoms in total. The molecule has 1 radical (unpaired) electrons. The van der Waals surface area contributed by atoms with Gasteiger partial charge in [0.1, 0.15) is 11.5 Å². The predicted octanol–water partition coefficient (Wildman–Crippen LogP) is 2.16. The highest BCUT2D eigenvalue weighted by Crippen LogP contribution is 2.27. The average molecular weight is 172 g/mol. The van der Waals surface area contributed by atoms with Crippen LogP contribution in [0.15, 0.2) is 12.1 Å². The summed E-state index contributed by atoms with van der Waals surface area (Å²) in [4.78, 5) is 0. The molecular weight excluding hydrogens is 164 g/mol. The van der Waals surface area contributed by atoms with Gasteiger partial charge in [0.15, 0.2) is 0 Å². The van der Waals surface area contributed by atoms with Crippen molar-refractivity contribution in [2.45, 2.75) is 0 Å². The first-order chi connectivity index (χ1) is 5.27. The van der Waals surface area contributed by atoms with Crippen molar-refractivity contribution >= 4 is 11.6 Å². The highest BCUT2D eigenvalue weighted by Gasteiger charge is 2.01. The first kappa shape index (κ1) is 8.21. The van der Waals surface area contributed by atoms with Crippen molar-refractivity contribution in [2.75, 3.05) is 14.2 Å². The molecule has 3 heteroatoms. The van der Waals surface area contributed by atoms with Crippen molar-refractivity contribution in [1.29, 1.82) is 0 Å². The molecule has 0 unspecified atom stereocenters. The summed E-state index contributed by atoms with van der Waals surface area (Å²) in [7, 11) is 3.11. The van der Waals surface area contributed by atoms with E-state index in [1.54, 1.807) is 19.2 Å². The van der Waals surface area contributed by atoms with Gasteiger partial charge >= 0.3 is 0 Å². The number of methoxy groups -OCH3 is 2. The molecule has 0 bridgehead atoms. The van der Waals surface area contributed by atoms with Crippen LogP contribution in [0.1, 0.15) is 0 Å². The molecule has 1 rings (SSSR count). The third-order valence-corrected chi connectivity index (χ3v) is 1.56. The number of halogens is 1.